The van der Waals surface area contributed by atoms with Crippen LogP contribution in [0.25, 0.3) is 0 Å². The Hall–Kier alpha value is -2.01. The Morgan fingerprint density at radius 3 is 1.76 bits per heavy atom. The molecule has 0 fully saturated rings. The summed E-state index contributed by atoms with van der Waals surface area (Å²) < 4.78 is 75.9. The SMILES string of the molecule is CNNN(C(N)=O)c1cc(C(F)(F)F)cc(C(F)(F)F)c1. The van der Waals surface area contributed by atoms with E-state index in [1.54, 1.807) is 0 Å². The number of hydrazine groups is 2. The maximum absolute atomic E-state index is 12.6. The first-order valence-corrected chi connectivity index (χ1v) is 5.28. The van der Waals surface area contributed by atoms with Gasteiger partial charge in [-0.1, -0.05) is 0 Å². The molecule has 0 atom stereocenters. The lowest BCUT2D eigenvalue weighted by Crippen LogP contribution is -2.51. The highest BCUT2D eigenvalue weighted by molar-refractivity contribution is 5.89. The first-order chi connectivity index (χ1) is 9.46. The summed E-state index contributed by atoms with van der Waals surface area (Å²) in [5, 5.41) is 0.310. The average molecular weight is 316 g/mol. The number of primary amides is 1. The molecule has 0 radical (unpaired) electrons. The van der Waals surface area contributed by atoms with E-state index in [-0.39, 0.29) is 6.07 Å². The van der Waals surface area contributed by atoms with Crippen LogP contribution in [0.3, 0.4) is 0 Å². The van der Waals surface area contributed by atoms with Crippen molar-refractivity contribution in [2.45, 2.75) is 12.4 Å². The summed E-state index contributed by atoms with van der Waals surface area (Å²) >= 11 is 0. The van der Waals surface area contributed by atoms with Gasteiger partial charge in [0.2, 0.25) is 0 Å². The van der Waals surface area contributed by atoms with Crippen LogP contribution in [-0.2, 0) is 12.4 Å². The smallest absolute Gasteiger partial charge is 0.350 e. The molecule has 118 valence electrons. The van der Waals surface area contributed by atoms with Crippen LogP contribution < -0.4 is 21.7 Å². The van der Waals surface area contributed by atoms with Gasteiger partial charge < -0.3 is 5.73 Å². The lowest BCUT2D eigenvalue weighted by atomic mass is 10.1. The third-order valence-electron chi connectivity index (χ3n) is 2.27. The van der Waals surface area contributed by atoms with Gasteiger partial charge in [0, 0.05) is 7.05 Å². The lowest BCUT2D eigenvalue weighted by Gasteiger charge is -2.23. The number of hydrogen-bond donors (Lipinski definition) is 3. The molecule has 0 aliphatic carbocycles. The molecule has 0 spiro atoms. The minimum atomic E-state index is -5.01. The molecule has 11 heteroatoms. The molecule has 1 aromatic rings. The van der Waals surface area contributed by atoms with Gasteiger partial charge >= 0.3 is 18.4 Å². The Morgan fingerprint density at radius 2 is 1.48 bits per heavy atom. The maximum Gasteiger partial charge on any atom is 0.416 e. The number of hydrogen-bond acceptors (Lipinski definition) is 3. The van der Waals surface area contributed by atoms with Gasteiger partial charge in [-0.25, -0.2) is 15.2 Å². The van der Waals surface area contributed by atoms with Gasteiger partial charge in [-0.2, -0.15) is 31.9 Å². The number of nitrogens with two attached hydrogens (primary N) is 1. The van der Waals surface area contributed by atoms with Gasteiger partial charge in [0.25, 0.3) is 0 Å². The van der Waals surface area contributed by atoms with E-state index < -0.39 is 35.2 Å². The highest BCUT2D eigenvalue weighted by Crippen LogP contribution is 2.38. The Bertz CT molecular complexity index is 495. The minimum Gasteiger partial charge on any atom is -0.350 e. The standard InChI is InChI=1S/C10H10F6N4O/c1-18-19-20(8(17)21)7-3-5(9(11,12)13)2-6(4-7)10(14,15)16/h2-4,18-19H,1H3,(H2,17,21). The van der Waals surface area contributed by atoms with Crippen molar-refractivity contribution in [3.8, 4) is 0 Å². The molecule has 2 amide bonds. The number of carbonyl (C=O) groups is 1. The number of benzene rings is 1. The van der Waals surface area contributed by atoms with Crippen LogP contribution in [0.4, 0.5) is 36.8 Å². The lowest BCUT2D eigenvalue weighted by molar-refractivity contribution is -0.143. The fourth-order valence-corrected chi connectivity index (χ4v) is 1.43. The van der Waals surface area contributed by atoms with Crippen LogP contribution in [0.15, 0.2) is 18.2 Å². The van der Waals surface area contributed by atoms with Crippen LogP contribution in [-0.4, -0.2) is 13.1 Å². The molecule has 21 heavy (non-hydrogen) atoms. The van der Waals surface area contributed by atoms with Crippen LogP contribution in [0.2, 0.25) is 0 Å². The number of halogens is 6. The molecular weight excluding hydrogens is 306 g/mol. The molecule has 1 rings (SSSR count). The molecule has 0 heterocycles. The van der Waals surface area contributed by atoms with E-state index in [2.05, 4.69) is 5.43 Å². The fraction of sp³-hybridized carbons (Fsp3) is 0.300. The van der Waals surface area contributed by atoms with E-state index in [1.807, 2.05) is 5.53 Å². The molecule has 4 N–H and O–H groups in total. The number of alkyl halides is 6. The summed E-state index contributed by atoms with van der Waals surface area (Å²) in [6.07, 6.45) is -10.0. The summed E-state index contributed by atoms with van der Waals surface area (Å²) in [5.41, 5.74) is 5.27. The Balaban J connectivity index is 3.47. The summed E-state index contributed by atoms with van der Waals surface area (Å²) in [5.74, 6) is 0. The van der Waals surface area contributed by atoms with E-state index in [0.29, 0.717) is 17.1 Å². The fourth-order valence-electron chi connectivity index (χ4n) is 1.43. The van der Waals surface area contributed by atoms with Crippen molar-refractivity contribution in [2.24, 2.45) is 5.73 Å². The van der Waals surface area contributed by atoms with E-state index in [1.165, 1.54) is 7.05 Å². The van der Waals surface area contributed by atoms with Crippen molar-refractivity contribution in [3.05, 3.63) is 29.3 Å². The number of anilines is 1. The monoisotopic (exact) mass is 316 g/mol. The zero-order chi connectivity index (χ0) is 16.4. The third kappa shape index (κ3) is 4.23. The Kier molecular flexibility index (Phi) is 4.69. The summed E-state index contributed by atoms with van der Waals surface area (Å²) in [4.78, 5) is 11.1. The van der Waals surface area contributed by atoms with Gasteiger partial charge in [0.1, 0.15) is 0 Å². The maximum atomic E-state index is 12.6. The highest BCUT2D eigenvalue weighted by atomic mass is 19.4. The molecule has 5 nitrogen and oxygen atoms in total. The average Bonchev–Trinajstić information content (AvgIpc) is 2.32. The first kappa shape index (κ1) is 17.0. The number of rotatable bonds is 3. The van der Waals surface area contributed by atoms with Crippen molar-refractivity contribution < 1.29 is 31.1 Å². The van der Waals surface area contributed by atoms with E-state index in [0.717, 1.165) is 0 Å². The first-order valence-electron chi connectivity index (χ1n) is 5.28. The van der Waals surface area contributed by atoms with Crippen molar-refractivity contribution in [3.63, 3.8) is 0 Å². The molecule has 0 aliphatic rings. The van der Waals surface area contributed by atoms with Gasteiger partial charge in [-0.3, -0.25) is 0 Å². The second kappa shape index (κ2) is 5.77. The molecule has 0 aromatic heterocycles. The van der Waals surface area contributed by atoms with Crippen molar-refractivity contribution in [2.75, 3.05) is 12.1 Å². The van der Waals surface area contributed by atoms with Crippen LogP contribution in [0.1, 0.15) is 11.1 Å². The molecule has 0 aliphatic heterocycles. The largest absolute Gasteiger partial charge is 0.416 e. The Morgan fingerprint density at radius 1 is 1.05 bits per heavy atom. The predicted molar refractivity (Wildman–Crippen MR) is 60.7 cm³/mol. The second-order valence-corrected chi connectivity index (χ2v) is 3.80. The van der Waals surface area contributed by atoms with Crippen LogP contribution in [0, 0.1) is 0 Å². The van der Waals surface area contributed by atoms with Crippen molar-refractivity contribution >= 4 is 11.7 Å². The normalized spacial score (nSPS) is 12.3. The molecule has 0 saturated heterocycles. The summed E-state index contributed by atoms with van der Waals surface area (Å²) in [6, 6.07) is -0.617. The Labute approximate surface area is 114 Å². The van der Waals surface area contributed by atoms with Gasteiger partial charge in [-0.15, -0.1) is 0 Å². The van der Waals surface area contributed by atoms with Crippen LogP contribution in [0.5, 0.6) is 0 Å². The molecule has 1 aromatic carbocycles. The molecular formula is C10H10F6N4O. The number of urea groups is 1. The van der Waals surface area contributed by atoms with Gasteiger partial charge in [0.05, 0.1) is 16.8 Å². The second-order valence-electron chi connectivity index (χ2n) is 3.80. The van der Waals surface area contributed by atoms with E-state index in [9.17, 15) is 31.1 Å². The summed E-state index contributed by atoms with van der Waals surface area (Å²) in [7, 11) is 1.24. The summed E-state index contributed by atoms with van der Waals surface area (Å²) in [6.45, 7) is 0. The third-order valence-corrected chi connectivity index (χ3v) is 2.27. The van der Waals surface area contributed by atoms with Crippen molar-refractivity contribution in [1.82, 2.24) is 11.0 Å². The van der Waals surface area contributed by atoms with Crippen molar-refractivity contribution in [1.29, 1.82) is 0 Å². The molecule has 0 saturated carbocycles. The number of nitrogens with zero attached hydrogens (tertiary/aromatic N) is 1. The molecule has 0 unspecified atom stereocenters. The quantitative estimate of drug-likeness (QED) is 0.592. The zero-order valence-electron chi connectivity index (χ0n) is 10.4. The zero-order valence-corrected chi connectivity index (χ0v) is 10.4. The number of amides is 2. The minimum absolute atomic E-state index is 0.0535. The topological polar surface area (TPSA) is 70.4 Å². The number of nitrogens with one attached hydrogen (secondary N) is 2. The van der Waals surface area contributed by atoms with E-state index >= 15 is 0 Å². The predicted octanol–water partition coefficient (Wildman–Crippen LogP) is 2.25. The molecule has 0 bridgehead atoms. The van der Waals surface area contributed by atoms with Gasteiger partial charge in [-0.05, 0) is 18.2 Å². The van der Waals surface area contributed by atoms with Crippen LogP contribution >= 0.6 is 0 Å². The van der Waals surface area contributed by atoms with E-state index in [4.69, 9.17) is 5.73 Å². The van der Waals surface area contributed by atoms with Gasteiger partial charge in [0.15, 0.2) is 0 Å². The number of carbonyl (C=O) groups excluding carboxylic acids is 1. The highest BCUT2D eigenvalue weighted by Gasteiger charge is 2.37.